The maximum atomic E-state index is 10.8. The van der Waals surface area contributed by atoms with E-state index in [1.165, 1.54) is 6.07 Å². The van der Waals surface area contributed by atoms with Gasteiger partial charge in [-0.1, -0.05) is 18.2 Å². The van der Waals surface area contributed by atoms with E-state index in [0.717, 1.165) is 14.8 Å². The number of halogens is 1. The number of hydrogen-bond acceptors (Lipinski definition) is 2. The number of nitrogens with zero attached hydrogens (tertiary/aromatic N) is 1. The Labute approximate surface area is 94.3 Å². The largest absolute Gasteiger partial charge is 0.268 e. The van der Waals surface area contributed by atoms with Crippen LogP contribution in [0.5, 0.6) is 0 Å². The number of nitrogens with one attached hydrogen (secondary N) is 1. The summed E-state index contributed by atoms with van der Waals surface area (Å²) in [6, 6.07) is 11.1. The second kappa shape index (κ2) is 3.91. The highest BCUT2D eigenvalue weighted by Gasteiger charge is 2.02. The second-order valence-corrected chi connectivity index (χ2v) is 3.95. The summed E-state index contributed by atoms with van der Waals surface area (Å²) >= 11 is 2.24. The van der Waals surface area contributed by atoms with E-state index in [1.807, 2.05) is 24.3 Å². The number of hydrogen-bond donors (Lipinski definition) is 1. The highest BCUT2D eigenvalue weighted by Crippen LogP contribution is 2.21. The van der Waals surface area contributed by atoms with Crippen molar-refractivity contribution < 1.29 is 0 Å². The molecule has 0 unspecified atom stereocenters. The monoisotopic (exact) mass is 298 g/mol. The highest BCUT2D eigenvalue weighted by atomic mass is 127. The average molecular weight is 298 g/mol. The molecule has 0 spiro atoms. The Hall–Kier alpha value is -1.17. The summed E-state index contributed by atoms with van der Waals surface area (Å²) in [7, 11) is 0. The Morgan fingerprint density at radius 2 is 1.93 bits per heavy atom. The van der Waals surface area contributed by atoms with Gasteiger partial charge >= 0.3 is 0 Å². The molecule has 2 rings (SSSR count). The number of H-pyrrole nitrogens is 1. The van der Waals surface area contributed by atoms with Gasteiger partial charge in [-0.2, -0.15) is 5.10 Å². The van der Waals surface area contributed by atoms with E-state index >= 15 is 0 Å². The molecule has 0 bridgehead atoms. The quantitative estimate of drug-likeness (QED) is 0.819. The molecule has 0 saturated carbocycles. The first kappa shape index (κ1) is 9.39. The Morgan fingerprint density at radius 1 is 1.14 bits per heavy atom. The van der Waals surface area contributed by atoms with Crippen molar-refractivity contribution in [3.63, 3.8) is 0 Å². The zero-order valence-corrected chi connectivity index (χ0v) is 9.36. The van der Waals surface area contributed by atoms with Crippen LogP contribution in [0.3, 0.4) is 0 Å². The van der Waals surface area contributed by atoms with E-state index in [0.29, 0.717) is 0 Å². The summed E-state index contributed by atoms with van der Waals surface area (Å²) in [4.78, 5) is 10.8. The maximum absolute atomic E-state index is 10.8. The summed E-state index contributed by atoms with van der Waals surface area (Å²) in [6.07, 6.45) is 0. The van der Waals surface area contributed by atoms with Crippen molar-refractivity contribution in [3.8, 4) is 11.3 Å². The van der Waals surface area contributed by atoms with Crippen LogP contribution in [0.15, 0.2) is 41.2 Å². The molecule has 0 amide bonds. The van der Waals surface area contributed by atoms with E-state index in [4.69, 9.17) is 0 Å². The van der Waals surface area contributed by atoms with Gasteiger partial charge in [-0.3, -0.25) is 4.79 Å². The molecule has 0 aliphatic carbocycles. The number of aromatic amines is 1. The number of benzene rings is 1. The molecule has 2 aromatic rings. The van der Waals surface area contributed by atoms with Crippen LogP contribution < -0.4 is 5.56 Å². The summed E-state index contributed by atoms with van der Waals surface area (Å²) in [5.41, 5.74) is 1.64. The molecule has 0 fully saturated rings. The smallest absolute Gasteiger partial charge is 0.264 e. The van der Waals surface area contributed by atoms with Gasteiger partial charge in [-0.05, 0) is 34.7 Å². The minimum absolute atomic E-state index is 0.181. The molecular weight excluding hydrogens is 291 g/mol. The van der Waals surface area contributed by atoms with Crippen LogP contribution in [0, 0.1) is 3.57 Å². The minimum atomic E-state index is -0.181. The second-order valence-electron chi connectivity index (χ2n) is 2.79. The van der Waals surface area contributed by atoms with Gasteiger partial charge in [-0.15, -0.1) is 0 Å². The fourth-order valence-corrected chi connectivity index (χ4v) is 1.83. The fourth-order valence-electron chi connectivity index (χ4n) is 1.16. The van der Waals surface area contributed by atoms with Gasteiger partial charge in [0.2, 0.25) is 0 Å². The van der Waals surface area contributed by atoms with Gasteiger partial charge in [0.05, 0.1) is 5.69 Å². The lowest BCUT2D eigenvalue weighted by molar-refractivity contribution is 0.994. The Bertz CT molecular complexity index is 487. The SMILES string of the molecule is O=c1ccc(-c2ccccc2I)n[nH]1. The molecule has 70 valence electrons. The lowest BCUT2D eigenvalue weighted by Gasteiger charge is -2.01. The van der Waals surface area contributed by atoms with Gasteiger partial charge in [0.15, 0.2) is 0 Å². The predicted molar refractivity (Wildman–Crippen MR) is 63.0 cm³/mol. The first-order chi connectivity index (χ1) is 6.77. The lowest BCUT2D eigenvalue weighted by Crippen LogP contribution is -2.05. The molecule has 1 heterocycles. The van der Waals surface area contributed by atoms with Gasteiger partial charge in [0, 0.05) is 15.2 Å². The van der Waals surface area contributed by atoms with Crippen LogP contribution in [0.25, 0.3) is 11.3 Å². The lowest BCUT2D eigenvalue weighted by atomic mass is 10.1. The van der Waals surface area contributed by atoms with Crippen LogP contribution in [0.2, 0.25) is 0 Å². The van der Waals surface area contributed by atoms with Crippen molar-refractivity contribution in [3.05, 3.63) is 50.3 Å². The summed E-state index contributed by atoms with van der Waals surface area (Å²) in [5.74, 6) is 0. The average Bonchev–Trinajstić information content (AvgIpc) is 2.20. The molecule has 0 atom stereocenters. The molecule has 14 heavy (non-hydrogen) atoms. The fraction of sp³-hybridized carbons (Fsp3) is 0. The Balaban J connectivity index is 2.55. The normalized spacial score (nSPS) is 10.1. The molecule has 0 aliphatic rings. The summed E-state index contributed by atoms with van der Waals surface area (Å²) in [6.45, 7) is 0. The van der Waals surface area contributed by atoms with Crippen LogP contribution in [-0.2, 0) is 0 Å². The molecular formula is C10H7IN2O. The predicted octanol–water partition coefficient (Wildman–Crippen LogP) is 2.04. The third-order valence-corrected chi connectivity index (χ3v) is 2.77. The van der Waals surface area contributed by atoms with Crippen LogP contribution >= 0.6 is 22.6 Å². The van der Waals surface area contributed by atoms with Gasteiger partial charge in [0.25, 0.3) is 5.56 Å². The van der Waals surface area contributed by atoms with Gasteiger partial charge in [0.1, 0.15) is 0 Å². The summed E-state index contributed by atoms with van der Waals surface area (Å²) < 4.78 is 1.12. The number of rotatable bonds is 1. The third-order valence-electron chi connectivity index (χ3n) is 1.83. The molecule has 4 heteroatoms. The number of aromatic nitrogens is 2. The zero-order chi connectivity index (χ0) is 9.97. The van der Waals surface area contributed by atoms with Crippen LogP contribution in [0.1, 0.15) is 0 Å². The van der Waals surface area contributed by atoms with Crippen molar-refractivity contribution >= 4 is 22.6 Å². The van der Waals surface area contributed by atoms with E-state index in [9.17, 15) is 4.79 Å². The molecule has 1 aromatic heterocycles. The van der Waals surface area contributed by atoms with Crippen molar-refractivity contribution in [1.29, 1.82) is 0 Å². The van der Waals surface area contributed by atoms with Crippen molar-refractivity contribution in [1.82, 2.24) is 10.2 Å². The topological polar surface area (TPSA) is 45.8 Å². The first-order valence-electron chi connectivity index (χ1n) is 4.08. The van der Waals surface area contributed by atoms with Gasteiger partial charge in [-0.25, -0.2) is 5.10 Å². The van der Waals surface area contributed by atoms with Crippen molar-refractivity contribution in [2.45, 2.75) is 0 Å². The van der Waals surface area contributed by atoms with Crippen molar-refractivity contribution in [2.75, 3.05) is 0 Å². The Morgan fingerprint density at radius 3 is 2.57 bits per heavy atom. The molecule has 3 nitrogen and oxygen atoms in total. The highest BCUT2D eigenvalue weighted by molar-refractivity contribution is 14.1. The first-order valence-corrected chi connectivity index (χ1v) is 5.16. The standard InChI is InChI=1S/C10H7IN2O/c11-8-4-2-1-3-7(8)9-5-6-10(14)13-12-9/h1-6H,(H,13,14). The van der Waals surface area contributed by atoms with E-state index in [1.54, 1.807) is 6.07 Å². The molecule has 0 saturated heterocycles. The van der Waals surface area contributed by atoms with Gasteiger partial charge < -0.3 is 0 Å². The van der Waals surface area contributed by atoms with E-state index < -0.39 is 0 Å². The van der Waals surface area contributed by atoms with E-state index in [-0.39, 0.29) is 5.56 Å². The van der Waals surface area contributed by atoms with Crippen LogP contribution in [0.4, 0.5) is 0 Å². The van der Waals surface area contributed by atoms with E-state index in [2.05, 4.69) is 32.8 Å². The molecule has 1 N–H and O–H groups in total. The van der Waals surface area contributed by atoms with Crippen LogP contribution in [-0.4, -0.2) is 10.2 Å². The Kier molecular flexibility index (Phi) is 2.62. The maximum Gasteiger partial charge on any atom is 0.264 e. The molecule has 0 radical (unpaired) electrons. The minimum Gasteiger partial charge on any atom is -0.268 e. The zero-order valence-electron chi connectivity index (χ0n) is 7.20. The third kappa shape index (κ3) is 1.84. The molecule has 1 aromatic carbocycles. The van der Waals surface area contributed by atoms with Crippen molar-refractivity contribution in [2.24, 2.45) is 0 Å². The molecule has 0 aliphatic heterocycles. The summed E-state index contributed by atoms with van der Waals surface area (Å²) in [5, 5.41) is 6.38.